The molecule has 19 heavy (non-hydrogen) atoms. The molecular formula is C13H13F3O3. The van der Waals surface area contributed by atoms with Crippen LogP contribution in [0.25, 0.3) is 0 Å². The van der Waals surface area contributed by atoms with Gasteiger partial charge in [-0.3, -0.25) is 4.79 Å². The summed E-state index contributed by atoms with van der Waals surface area (Å²) in [5, 5.41) is 0. The van der Waals surface area contributed by atoms with E-state index in [9.17, 15) is 18.0 Å². The van der Waals surface area contributed by atoms with Crippen LogP contribution in [0.2, 0.25) is 0 Å². The van der Waals surface area contributed by atoms with E-state index in [-0.39, 0.29) is 18.1 Å². The second kappa shape index (κ2) is 5.61. The zero-order chi connectivity index (χ0) is 13.9. The molecule has 0 spiro atoms. The molecule has 0 radical (unpaired) electrons. The molecule has 1 aromatic rings. The lowest BCUT2D eigenvalue weighted by molar-refractivity contribution is -0.139. The van der Waals surface area contributed by atoms with Gasteiger partial charge in [-0.05, 0) is 37.0 Å². The van der Waals surface area contributed by atoms with Gasteiger partial charge in [0.1, 0.15) is 12.0 Å². The van der Waals surface area contributed by atoms with Gasteiger partial charge < -0.3 is 9.47 Å². The van der Waals surface area contributed by atoms with Crippen molar-refractivity contribution in [2.75, 3.05) is 13.4 Å². The normalized spacial score (nSPS) is 15.3. The van der Waals surface area contributed by atoms with E-state index in [1.807, 2.05) is 0 Å². The predicted octanol–water partition coefficient (Wildman–Crippen LogP) is 3.28. The molecule has 0 aromatic heterocycles. The fourth-order valence-electron chi connectivity index (χ4n) is 1.57. The first kappa shape index (κ1) is 13.9. The first-order valence-corrected chi connectivity index (χ1v) is 5.87. The number of carbonyl (C=O) groups excluding carboxylic acids is 1. The van der Waals surface area contributed by atoms with Crippen LogP contribution in [0.3, 0.4) is 0 Å². The minimum absolute atomic E-state index is 0.0430. The van der Waals surface area contributed by atoms with E-state index in [4.69, 9.17) is 9.47 Å². The summed E-state index contributed by atoms with van der Waals surface area (Å²) in [6, 6.07) is 3.18. The lowest BCUT2D eigenvalue weighted by Gasteiger charge is -2.14. The molecule has 1 aliphatic carbocycles. The third-order valence-corrected chi connectivity index (χ3v) is 2.79. The molecule has 0 bridgehead atoms. The van der Waals surface area contributed by atoms with Crippen LogP contribution < -0.4 is 4.74 Å². The molecule has 1 aromatic carbocycles. The summed E-state index contributed by atoms with van der Waals surface area (Å²) < 4.78 is 48.4. The number of halogens is 3. The van der Waals surface area contributed by atoms with E-state index in [0.29, 0.717) is 18.8 Å². The second-order valence-electron chi connectivity index (χ2n) is 4.45. The van der Waals surface area contributed by atoms with Crippen molar-refractivity contribution in [3.05, 3.63) is 29.3 Å². The minimum Gasteiger partial charge on any atom is -0.467 e. The van der Waals surface area contributed by atoms with Gasteiger partial charge in [0.2, 0.25) is 0 Å². The number of carbonyl (C=O) groups is 1. The highest BCUT2D eigenvalue weighted by Crippen LogP contribution is 2.36. The molecule has 2 rings (SSSR count). The average molecular weight is 274 g/mol. The summed E-state index contributed by atoms with van der Waals surface area (Å²) in [4.78, 5) is 10.5. The molecule has 0 N–H and O–H groups in total. The number of alkyl halides is 3. The van der Waals surface area contributed by atoms with Gasteiger partial charge in [0.25, 0.3) is 0 Å². The Balaban J connectivity index is 2.02. The Morgan fingerprint density at radius 2 is 2.05 bits per heavy atom. The highest BCUT2D eigenvalue weighted by Gasteiger charge is 2.34. The largest absolute Gasteiger partial charge is 0.467 e. The van der Waals surface area contributed by atoms with Gasteiger partial charge in [-0.1, -0.05) is 0 Å². The van der Waals surface area contributed by atoms with Crippen molar-refractivity contribution >= 4 is 6.29 Å². The summed E-state index contributed by atoms with van der Waals surface area (Å²) in [5.74, 6) is 0.192. The molecule has 0 unspecified atom stereocenters. The molecule has 0 aliphatic heterocycles. The molecule has 1 aliphatic rings. The van der Waals surface area contributed by atoms with E-state index in [0.717, 1.165) is 25.0 Å². The fraction of sp³-hybridized carbons (Fsp3) is 0.462. The molecule has 0 heterocycles. The van der Waals surface area contributed by atoms with Crippen molar-refractivity contribution in [1.29, 1.82) is 0 Å². The quantitative estimate of drug-likeness (QED) is 0.453. The van der Waals surface area contributed by atoms with Crippen LogP contribution >= 0.6 is 0 Å². The predicted molar refractivity (Wildman–Crippen MR) is 61.0 cm³/mol. The van der Waals surface area contributed by atoms with Crippen LogP contribution in [0.4, 0.5) is 13.2 Å². The molecule has 1 fully saturated rings. The second-order valence-corrected chi connectivity index (χ2v) is 4.45. The van der Waals surface area contributed by atoms with Crippen LogP contribution in [-0.2, 0) is 10.9 Å². The third kappa shape index (κ3) is 3.96. The van der Waals surface area contributed by atoms with Gasteiger partial charge in [0.05, 0.1) is 12.2 Å². The van der Waals surface area contributed by atoms with Gasteiger partial charge in [0, 0.05) is 5.56 Å². The van der Waals surface area contributed by atoms with Gasteiger partial charge in [-0.2, -0.15) is 13.2 Å². The van der Waals surface area contributed by atoms with Crippen molar-refractivity contribution in [1.82, 2.24) is 0 Å². The van der Waals surface area contributed by atoms with E-state index < -0.39 is 11.7 Å². The Morgan fingerprint density at radius 3 is 2.63 bits per heavy atom. The Kier molecular flexibility index (Phi) is 4.09. The first-order valence-electron chi connectivity index (χ1n) is 5.87. The Labute approximate surface area is 108 Å². The maximum atomic E-state index is 12.8. The highest BCUT2D eigenvalue weighted by atomic mass is 19.4. The van der Waals surface area contributed by atoms with Crippen LogP contribution in [0.1, 0.15) is 28.8 Å². The van der Waals surface area contributed by atoms with Gasteiger partial charge in [-0.25, -0.2) is 0 Å². The molecule has 0 amide bonds. The smallest absolute Gasteiger partial charge is 0.419 e. The van der Waals surface area contributed by atoms with Crippen molar-refractivity contribution in [2.45, 2.75) is 19.0 Å². The molecule has 3 nitrogen and oxygen atoms in total. The molecule has 6 heteroatoms. The van der Waals surface area contributed by atoms with Crippen molar-refractivity contribution in [3.63, 3.8) is 0 Å². The summed E-state index contributed by atoms with van der Waals surface area (Å²) in [6.07, 6.45) is -2.00. The maximum absolute atomic E-state index is 12.8. The van der Waals surface area contributed by atoms with Crippen molar-refractivity contribution in [3.8, 4) is 5.75 Å². The maximum Gasteiger partial charge on any atom is 0.419 e. The summed E-state index contributed by atoms with van der Waals surface area (Å²) in [5.41, 5.74) is -1.01. The van der Waals surface area contributed by atoms with E-state index in [1.165, 1.54) is 6.07 Å². The SMILES string of the molecule is O=Cc1ccc(OCOCC2CC2)c(C(F)(F)F)c1. The third-order valence-electron chi connectivity index (χ3n) is 2.79. The molecule has 0 atom stereocenters. The Hall–Kier alpha value is -1.56. The summed E-state index contributed by atoms with van der Waals surface area (Å²) in [7, 11) is 0. The lowest BCUT2D eigenvalue weighted by atomic mass is 10.1. The van der Waals surface area contributed by atoms with Crippen molar-refractivity contribution in [2.24, 2.45) is 5.92 Å². The molecule has 0 saturated heterocycles. The van der Waals surface area contributed by atoms with Crippen LogP contribution in [0, 0.1) is 5.92 Å². The molecule has 1 saturated carbocycles. The number of hydrogen-bond acceptors (Lipinski definition) is 3. The van der Waals surface area contributed by atoms with Crippen molar-refractivity contribution < 1.29 is 27.4 Å². The first-order chi connectivity index (χ1) is 9.00. The van der Waals surface area contributed by atoms with E-state index in [1.54, 1.807) is 0 Å². The topological polar surface area (TPSA) is 35.5 Å². The average Bonchev–Trinajstić information content (AvgIpc) is 3.17. The zero-order valence-corrected chi connectivity index (χ0v) is 10.1. The van der Waals surface area contributed by atoms with E-state index >= 15 is 0 Å². The fourth-order valence-corrected chi connectivity index (χ4v) is 1.57. The number of hydrogen-bond donors (Lipinski definition) is 0. The van der Waals surface area contributed by atoms with Crippen LogP contribution in [0.15, 0.2) is 18.2 Å². The Bertz CT molecular complexity index is 453. The lowest BCUT2D eigenvalue weighted by Crippen LogP contribution is -2.12. The molecule has 104 valence electrons. The monoisotopic (exact) mass is 274 g/mol. The zero-order valence-electron chi connectivity index (χ0n) is 10.1. The van der Waals surface area contributed by atoms with Crippen LogP contribution in [0.5, 0.6) is 5.75 Å². The number of aldehydes is 1. The minimum atomic E-state index is -4.56. The highest BCUT2D eigenvalue weighted by molar-refractivity contribution is 5.75. The summed E-state index contributed by atoms with van der Waals surface area (Å²) >= 11 is 0. The van der Waals surface area contributed by atoms with Gasteiger partial charge in [0.15, 0.2) is 6.79 Å². The van der Waals surface area contributed by atoms with E-state index in [2.05, 4.69) is 0 Å². The summed E-state index contributed by atoms with van der Waals surface area (Å²) in [6.45, 7) is 0.286. The number of rotatable bonds is 6. The van der Waals surface area contributed by atoms with Crippen LogP contribution in [-0.4, -0.2) is 19.7 Å². The van der Waals surface area contributed by atoms with Gasteiger partial charge >= 0.3 is 6.18 Å². The Morgan fingerprint density at radius 1 is 1.32 bits per heavy atom. The van der Waals surface area contributed by atoms with Gasteiger partial charge in [-0.15, -0.1) is 0 Å². The number of ether oxygens (including phenoxy) is 2. The molecular weight excluding hydrogens is 261 g/mol. The standard InChI is InChI=1S/C13H13F3O3/c14-13(15,16)11-5-10(6-17)3-4-12(11)19-8-18-7-9-1-2-9/h3-6,9H,1-2,7-8H2. The number of benzene rings is 1.